The molecule has 1 aliphatic heterocycles. The van der Waals surface area contributed by atoms with E-state index in [4.69, 9.17) is 4.74 Å². The van der Waals surface area contributed by atoms with Gasteiger partial charge in [0.1, 0.15) is 5.75 Å². The molecule has 0 saturated carbocycles. The molecule has 3 aromatic carbocycles. The molecule has 4 nitrogen and oxygen atoms in total. The zero-order valence-electron chi connectivity index (χ0n) is 20.5. The standard InChI is InChI=1S/C31H32N2O2/c1-23-29(31(34)32-18-16-25(17-19-32)20-24-10-5-3-6-11-24)22-30(26-12-9-15-28(21-26)35-2)33(23)27-13-7-4-8-14-27/h3-15,21-22,25H,16-20H2,1-2H3. The Kier molecular flexibility index (Phi) is 6.71. The number of nitrogens with zero attached hydrogens (tertiary/aromatic N) is 2. The zero-order valence-corrected chi connectivity index (χ0v) is 20.5. The largest absolute Gasteiger partial charge is 0.497 e. The average Bonchev–Trinajstić information content (AvgIpc) is 3.27. The van der Waals surface area contributed by atoms with Crippen molar-refractivity contribution in [1.82, 2.24) is 9.47 Å². The highest BCUT2D eigenvalue weighted by Crippen LogP contribution is 2.33. The normalized spacial score (nSPS) is 14.2. The van der Waals surface area contributed by atoms with Gasteiger partial charge in [0.2, 0.25) is 0 Å². The van der Waals surface area contributed by atoms with E-state index in [9.17, 15) is 4.79 Å². The quantitative estimate of drug-likeness (QED) is 0.324. The van der Waals surface area contributed by atoms with Crippen LogP contribution in [0.5, 0.6) is 5.75 Å². The Morgan fingerprint density at radius 1 is 0.886 bits per heavy atom. The van der Waals surface area contributed by atoms with E-state index in [2.05, 4.69) is 59.2 Å². The Morgan fingerprint density at radius 3 is 2.26 bits per heavy atom. The van der Waals surface area contributed by atoms with E-state index in [1.165, 1.54) is 5.56 Å². The second-order valence-corrected chi connectivity index (χ2v) is 9.36. The van der Waals surface area contributed by atoms with Crippen LogP contribution in [-0.4, -0.2) is 35.6 Å². The minimum absolute atomic E-state index is 0.125. The van der Waals surface area contributed by atoms with Gasteiger partial charge in [0, 0.05) is 30.0 Å². The molecule has 1 aromatic heterocycles. The molecule has 0 spiro atoms. The van der Waals surface area contributed by atoms with Crippen LogP contribution in [0.15, 0.2) is 91.0 Å². The summed E-state index contributed by atoms with van der Waals surface area (Å²) in [5, 5.41) is 0. The summed E-state index contributed by atoms with van der Waals surface area (Å²) in [5.74, 6) is 1.55. The number of amides is 1. The molecule has 178 valence electrons. The molecule has 0 atom stereocenters. The SMILES string of the molecule is COc1cccc(-c2cc(C(=O)N3CCC(Cc4ccccc4)CC3)c(C)n2-c2ccccc2)c1. The summed E-state index contributed by atoms with van der Waals surface area (Å²) in [5.41, 5.74) is 6.19. The van der Waals surface area contributed by atoms with Gasteiger partial charge < -0.3 is 14.2 Å². The number of rotatable bonds is 6. The number of piperidine rings is 1. The van der Waals surface area contributed by atoms with Crippen LogP contribution in [0.3, 0.4) is 0 Å². The second-order valence-electron chi connectivity index (χ2n) is 9.36. The van der Waals surface area contributed by atoms with Crippen molar-refractivity contribution in [3.05, 3.63) is 108 Å². The second kappa shape index (κ2) is 10.2. The third-order valence-corrected chi connectivity index (χ3v) is 7.13. The molecule has 4 aromatic rings. The van der Waals surface area contributed by atoms with Gasteiger partial charge >= 0.3 is 0 Å². The number of carbonyl (C=O) groups is 1. The van der Waals surface area contributed by atoms with Crippen molar-refractivity contribution in [3.63, 3.8) is 0 Å². The summed E-state index contributed by atoms with van der Waals surface area (Å²) in [6.07, 6.45) is 3.18. The third kappa shape index (κ3) is 4.88. The topological polar surface area (TPSA) is 34.5 Å². The number of likely N-dealkylation sites (tertiary alicyclic amines) is 1. The number of carbonyl (C=O) groups excluding carboxylic acids is 1. The maximum Gasteiger partial charge on any atom is 0.255 e. The Balaban J connectivity index is 1.42. The fraction of sp³-hybridized carbons (Fsp3) is 0.258. The van der Waals surface area contributed by atoms with Crippen LogP contribution >= 0.6 is 0 Å². The highest BCUT2D eigenvalue weighted by atomic mass is 16.5. The van der Waals surface area contributed by atoms with Crippen molar-refractivity contribution < 1.29 is 9.53 Å². The van der Waals surface area contributed by atoms with Crippen LogP contribution in [0, 0.1) is 12.8 Å². The highest BCUT2D eigenvalue weighted by molar-refractivity contribution is 5.97. The van der Waals surface area contributed by atoms with Crippen LogP contribution in [-0.2, 0) is 6.42 Å². The summed E-state index contributed by atoms with van der Waals surface area (Å²) in [7, 11) is 1.68. The molecular weight excluding hydrogens is 432 g/mol. The first-order chi connectivity index (χ1) is 17.1. The molecule has 0 bridgehead atoms. The molecule has 1 amide bonds. The van der Waals surface area contributed by atoms with Gasteiger partial charge in [-0.05, 0) is 68.0 Å². The minimum Gasteiger partial charge on any atom is -0.497 e. The summed E-state index contributed by atoms with van der Waals surface area (Å²) in [6, 6.07) is 31.0. The van der Waals surface area contributed by atoms with Crippen molar-refractivity contribution in [2.24, 2.45) is 5.92 Å². The van der Waals surface area contributed by atoms with E-state index < -0.39 is 0 Å². The zero-order chi connectivity index (χ0) is 24.2. The lowest BCUT2D eigenvalue weighted by Gasteiger charge is -2.32. The summed E-state index contributed by atoms with van der Waals surface area (Å²) >= 11 is 0. The first kappa shape index (κ1) is 23.0. The van der Waals surface area contributed by atoms with Crippen molar-refractivity contribution in [2.45, 2.75) is 26.2 Å². The van der Waals surface area contributed by atoms with Gasteiger partial charge in [-0.3, -0.25) is 4.79 Å². The maximum absolute atomic E-state index is 13.7. The number of methoxy groups -OCH3 is 1. The van der Waals surface area contributed by atoms with Crippen LogP contribution in [0.2, 0.25) is 0 Å². The molecule has 0 radical (unpaired) electrons. The van der Waals surface area contributed by atoms with Crippen molar-refractivity contribution in [3.8, 4) is 22.7 Å². The first-order valence-electron chi connectivity index (χ1n) is 12.4. The van der Waals surface area contributed by atoms with Gasteiger partial charge in [0.05, 0.1) is 18.4 Å². The fourth-order valence-corrected chi connectivity index (χ4v) is 5.19. The lowest BCUT2D eigenvalue weighted by Crippen LogP contribution is -2.39. The highest BCUT2D eigenvalue weighted by Gasteiger charge is 2.27. The minimum atomic E-state index is 0.125. The lowest BCUT2D eigenvalue weighted by molar-refractivity contribution is 0.0690. The Hall–Kier alpha value is -3.79. The van der Waals surface area contributed by atoms with Crippen LogP contribution in [0.25, 0.3) is 16.9 Å². The molecule has 2 heterocycles. The Labute approximate surface area is 207 Å². The number of ether oxygens (including phenoxy) is 1. The predicted octanol–water partition coefficient (Wildman–Crippen LogP) is 6.56. The van der Waals surface area contributed by atoms with Crippen LogP contribution < -0.4 is 4.74 Å². The number of aromatic nitrogens is 1. The van der Waals surface area contributed by atoms with E-state index in [1.54, 1.807) is 7.11 Å². The molecule has 1 aliphatic rings. The Bertz CT molecular complexity index is 1290. The average molecular weight is 465 g/mol. The number of hydrogen-bond acceptors (Lipinski definition) is 2. The van der Waals surface area contributed by atoms with Gasteiger partial charge in [-0.15, -0.1) is 0 Å². The molecule has 0 aliphatic carbocycles. The maximum atomic E-state index is 13.7. The van der Waals surface area contributed by atoms with Crippen molar-refractivity contribution in [2.75, 3.05) is 20.2 Å². The molecule has 35 heavy (non-hydrogen) atoms. The molecule has 4 heteroatoms. The summed E-state index contributed by atoms with van der Waals surface area (Å²) < 4.78 is 7.65. The monoisotopic (exact) mass is 464 g/mol. The number of para-hydroxylation sites is 1. The van der Waals surface area contributed by atoms with E-state index in [0.717, 1.165) is 66.3 Å². The van der Waals surface area contributed by atoms with Crippen LogP contribution in [0.1, 0.15) is 34.5 Å². The molecule has 0 unspecified atom stereocenters. The molecule has 5 rings (SSSR count). The molecular formula is C31H32N2O2. The Morgan fingerprint density at radius 2 is 1.57 bits per heavy atom. The van der Waals surface area contributed by atoms with Gasteiger partial charge in [0.25, 0.3) is 5.91 Å². The summed E-state index contributed by atoms with van der Waals surface area (Å²) in [4.78, 5) is 15.8. The molecule has 0 N–H and O–H groups in total. The number of benzene rings is 3. The van der Waals surface area contributed by atoms with E-state index in [1.807, 2.05) is 48.2 Å². The first-order valence-corrected chi connectivity index (χ1v) is 12.4. The molecule has 1 fully saturated rings. The van der Waals surface area contributed by atoms with Crippen LogP contribution in [0.4, 0.5) is 0 Å². The fourth-order valence-electron chi connectivity index (χ4n) is 5.19. The van der Waals surface area contributed by atoms with E-state index >= 15 is 0 Å². The predicted molar refractivity (Wildman–Crippen MR) is 141 cm³/mol. The van der Waals surface area contributed by atoms with Crippen molar-refractivity contribution >= 4 is 5.91 Å². The third-order valence-electron chi connectivity index (χ3n) is 7.13. The summed E-state index contributed by atoms with van der Waals surface area (Å²) in [6.45, 7) is 3.66. The molecule has 1 saturated heterocycles. The van der Waals surface area contributed by atoms with Gasteiger partial charge in [-0.1, -0.05) is 60.7 Å². The smallest absolute Gasteiger partial charge is 0.255 e. The van der Waals surface area contributed by atoms with E-state index in [0.29, 0.717) is 5.92 Å². The van der Waals surface area contributed by atoms with Gasteiger partial charge in [-0.25, -0.2) is 0 Å². The van der Waals surface area contributed by atoms with Crippen molar-refractivity contribution in [1.29, 1.82) is 0 Å². The van der Waals surface area contributed by atoms with E-state index in [-0.39, 0.29) is 5.91 Å². The van der Waals surface area contributed by atoms with Gasteiger partial charge in [-0.2, -0.15) is 0 Å². The lowest BCUT2D eigenvalue weighted by atomic mass is 9.90. The van der Waals surface area contributed by atoms with Gasteiger partial charge in [0.15, 0.2) is 0 Å². The number of hydrogen-bond donors (Lipinski definition) is 0.